The fraction of sp³-hybridized carbons (Fsp3) is 0.250. The number of ether oxygens (including phenoxy) is 1. The summed E-state index contributed by atoms with van der Waals surface area (Å²) >= 11 is 0. The van der Waals surface area contributed by atoms with Gasteiger partial charge in [0.25, 0.3) is 0 Å². The van der Waals surface area contributed by atoms with Crippen LogP contribution in [0.1, 0.15) is 17.3 Å². The SMILES string of the molecule is CN(C)c1cc(Oc2cc(C#N)ccc2-c2ccc(C(F)CN)cn2)n(C)n1. The molecule has 0 bridgehead atoms. The van der Waals surface area contributed by atoms with E-state index in [0.717, 1.165) is 5.82 Å². The number of hydrogen-bond donors (Lipinski definition) is 1. The number of aromatic nitrogens is 3. The third kappa shape index (κ3) is 3.94. The van der Waals surface area contributed by atoms with Crippen LogP contribution in [-0.4, -0.2) is 35.4 Å². The number of nitriles is 1. The number of halogens is 1. The van der Waals surface area contributed by atoms with Gasteiger partial charge in [0.1, 0.15) is 11.9 Å². The van der Waals surface area contributed by atoms with Crippen LogP contribution in [0.5, 0.6) is 11.6 Å². The van der Waals surface area contributed by atoms with Gasteiger partial charge in [0.05, 0.1) is 17.3 Å². The van der Waals surface area contributed by atoms with Crippen LogP contribution in [0.25, 0.3) is 11.3 Å². The smallest absolute Gasteiger partial charge is 0.219 e. The van der Waals surface area contributed by atoms with Crippen molar-refractivity contribution in [3.63, 3.8) is 0 Å². The number of pyridine rings is 1. The second-order valence-corrected chi connectivity index (χ2v) is 6.46. The lowest BCUT2D eigenvalue weighted by Crippen LogP contribution is -2.09. The second kappa shape index (κ2) is 8.06. The largest absolute Gasteiger partial charge is 0.438 e. The van der Waals surface area contributed by atoms with Gasteiger partial charge in [-0.1, -0.05) is 6.07 Å². The van der Waals surface area contributed by atoms with Crippen molar-refractivity contribution in [1.29, 1.82) is 5.26 Å². The molecule has 7 nitrogen and oxygen atoms in total. The van der Waals surface area contributed by atoms with Crippen molar-refractivity contribution < 1.29 is 9.13 Å². The van der Waals surface area contributed by atoms with E-state index in [9.17, 15) is 9.65 Å². The molecule has 3 rings (SSSR count). The Morgan fingerprint density at radius 2 is 2.07 bits per heavy atom. The average Bonchev–Trinajstić information content (AvgIpc) is 3.08. The molecule has 2 aromatic heterocycles. The minimum absolute atomic E-state index is 0.0963. The molecule has 8 heteroatoms. The normalized spacial score (nSPS) is 11.7. The topological polar surface area (TPSA) is 93.0 Å². The van der Waals surface area contributed by atoms with Crippen molar-refractivity contribution in [2.75, 3.05) is 25.5 Å². The number of aryl methyl sites for hydroxylation is 1. The molecule has 0 spiro atoms. The number of alkyl halides is 1. The number of rotatable bonds is 6. The lowest BCUT2D eigenvalue weighted by molar-refractivity contribution is 0.352. The zero-order valence-corrected chi connectivity index (χ0v) is 15.9. The molecule has 28 heavy (non-hydrogen) atoms. The fourth-order valence-corrected chi connectivity index (χ4v) is 2.64. The van der Waals surface area contributed by atoms with Crippen molar-refractivity contribution in [1.82, 2.24) is 14.8 Å². The van der Waals surface area contributed by atoms with Gasteiger partial charge in [0.15, 0.2) is 5.82 Å². The Labute approximate surface area is 162 Å². The van der Waals surface area contributed by atoms with Gasteiger partial charge in [-0.3, -0.25) is 4.98 Å². The first kappa shape index (κ1) is 19.3. The first-order valence-corrected chi connectivity index (χ1v) is 8.66. The molecule has 0 amide bonds. The van der Waals surface area contributed by atoms with E-state index < -0.39 is 6.17 Å². The highest BCUT2D eigenvalue weighted by Crippen LogP contribution is 2.34. The molecule has 0 saturated carbocycles. The summed E-state index contributed by atoms with van der Waals surface area (Å²) in [5.74, 6) is 1.72. The van der Waals surface area contributed by atoms with E-state index in [1.54, 1.807) is 48.1 Å². The van der Waals surface area contributed by atoms with Gasteiger partial charge in [-0.2, -0.15) is 10.4 Å². The Morgan fingerprint density at radius 3 is 2.64 bits per heavy atom. The Hall–Kier alpha value is -3.44. The van der Waals surface area contributed by atoms with Crippen LogP contribution in [0.15, 0.2) is 42.6 Å². The number of anilines is 1. The highest BCUT2D eigenvalue weighted by molar-refractivity contribution is 5.69. The molecular weight excluding hydrogens is 359 g/mol. The molecule has 144 valence electrons. The molecule has 1 atom stereocenters. The van der Waals surface area contributed by atoms with Crippen LogP contribution in [0.2, 0.25) is 0 Å². The van der Waals surface area contributed by atoms with Crippen molar-refractivity contribution >= 4 is 5.82 Å². The van der Waals surface area contributed by atoms with Gasteiger partial charge in [0, 0.05) is 51.1 Å². The minimum Gasteiger partial charge on any atom is -0.438 e. The highest BCUT2D eigenvalue weighted by atomic mass is 19.1. The van der Waals surface area contributed by atoms with Crippen LogP contribution in [0, 0.1) is 11.3 Å². The molecule has 1 aromatic carbocycles. The van der Waals surface area contributed by atoms with Gasteiger partial charge in [0.2, 0.25) is 5.88 Å². The van der Waals surface area contributed by atoms with Gasteiger partial charge < -0.3 is 15.4 Å². The van der Waals surface area contributed by atoms with E-state index in [2.05, 4.69) is 16.2 Å². The van der Waals surface area contributed by atoms with Crippen LogP contribution in [-0.2, 0) is 7.05 Å². The summed E-state index contributed by atoms with van der Waals surface area (Å²) in [5, 5.41) is 13.6. The molecule has 0 fully saturated rings. The van der Waals surface area contributed by atoms with E-state index in [0.29, 0.717) is 34.0 Å². The summed E-state index contributed by atoms with van der Waals surface area (Å²) in [6.07, 6.45) is 0.209. The summed E-state index contributed by atoms with van der Waals surface area (Å²) in [6, 6.07) is 12.4. The number of benzene rings is 1. The van der Waals surface area contributed by atoms with Crippen LogP contribution >= 0.6 is 0 Å². The number of nitrogens with zero attached hydrogens (tertiary/aromatic N) is 5. The second-order valence-electron chi connectivity index (χ2n) is 6.46. The zero-order valence-electron chi connectivity index (χ0n) is 15.9. The number of nitrogens with two attached hydrogens (primary N) is 1. The van der Waals surface area contributed by atoms with Crippen LogP contribution < -0.4 is 15.4 Å². The lowest BCUT2D eigenvalue weighted by atomic mass is 10.1. The molecule has 0 aliphatic rings. The molecule has 0 aliphatic heterocycles. The van der Waals surface area contributed by atoms with E-state index in [1.165, 1.54) is 6.20 Å². The monoisotopic (exact) mass is 380 g/mol. The van der Waals surface area contributed by atoms with Gasteiger partial charge in [-0.05, 0) is 24.3 Å². The summed E-state index contributed by atoms with van der Waals surface area (Å²) in [4.78, 5) is 6.21. The first-order valence-electron chi connectivity index (χ1n) is 8.66. The Balaban J connectivity index is 2.00. The van der Waals surface area contributed by atoms with Gasteiger partial charge in [-0.15, -0.1) is 0 Å². The van der Waals surface area contributed by atoms with E-state index in [1.807, 2.05) is 19.0 Å². The van der Waals surface area contributed by atoms with E-state index in [-0.39, 0.29) is 6.54 Å². The molecular formula is C20H21FN6O. The molecule has 0 radical (unpaired) electrons. The summed E-state index contributed by atoms with van der Waals surface area (Å²) in [7, 11) is 5.55. The predicted octanol–water partition coefficient (Wildman–Crippen LogP) is 3.18. The first-order chi connectivity index (χ1) is 13.4. The van der Waals surface area contributed by atoms with Gasteiger partial charge >= 0.3 is 0 Å². The molecule has 2 heterocycles. The predicted molar refractivity (Wildman–Crippen MR) is 105 cm³/mol. The quantitative estimate of drug-likeness (QED) is 0.706. The van der Waals surface area contributed by atoms with E-state index >= 15 is 0 Å². The van der Waals surface area contributed by atoms with Crippen molar-refractivity contribution in [3.05, 3.63) is 53.7 Å². The van der Waals surface area contributed by atoms with Crippen LogP contribution in [0.3, 0.4) is 0 Å². The maximum Gasteiger partial charge on any atom is 0.219 e. The highest BCUT2D eigenvalue weighted by Gasteiger charge is 2.15. The molecule has 0 aliphatic carbocycles. The van der Waals surface area contributed by atoms with Crippen molar-refractivity contribution in [3.8, 4) is 29.0 Å². The summed E-state index contributed by atoms with van der Waals surface area (Å²) < 4.78 is 21.4. The average molecular weight is 380 g/mol. The molecule has 0 saturated heterocycles. The maximum absolute atomic E-state index is 13.7. The third-order valence-electron chi connectivity index (χ3n) is 4.24. The maximum atomic E-state index is 13.7. The van der Waals surface area contributed by atoms with Crippen molar-refractivity contribution in [2.45, 2.75) is 6.17 Å². The Bertz CT molecular complexity index is 1010. The lowest BCUT2D eigenvalue weighted by Gasteiger charge is -2.12. The standard InChI is InChI=1S/C20H21FN6O/c1-26(2)19-9-20(27(3)25-19)28-18-8-13(10-22)4-6-15(18)17-7-5-14(12-24-17)16(21)11-23/h4-9,12,16H,11,23H2,1-3H3. The Kier molecular flexibility index (Phi) is 5.57. The minimum atomic E-state index is -1.25. The zero-order chi connectivity index (χ0) is 20.3. The van der Waals surface area contributed by atoms with E-state index in [4.69, 9.17) is 10.5 Å². The third-order valence-corrected chi connectivity index (χ3v) is 4.24. The summed E-state index contributed by atoms with van der Waals surface area (Å²) in [6.45, 7) is -0.0963. The van der Waals surface area contributed by atoms with Crippen molar-refractivity contribution in [2.24, 2.45) is 12.8 Å². The molecule has 3 aromatic rings. The summed E-state index contributed by atoms with van der Waals surface area (Å²) in [5.41, 5.74) is 7.53. The Morgan fingerprint density at radius 1 is 1.29 bits per heavy atom. The molecule has 1 unspecified atom stereocenters. The molecule has 2 N–H and O–H groups in total. The number of hydrogen-bond acceptors (Lipinski definition) is 6. The van der Waals surface area contributed by atoms with Crippen LogP contribution in [0.4, 0.5) is 10.2 Å². The van der Waals surface area contributed by atoms with Gasteiger partial charge in [-0.25, -0.2) is 9.07 Å². The fourth-order valence-electron chi connectivity index (χ4n) is 2.64.